The molecule has 1 aromatic carbocycles. The summed E-state index contributed by atoms with van der Waals surface area (Å²) in [6.07, 6.45) is 5.12. The summed E-state index contributed by atoms with van der Waals surface area (Å²) in [6.45, 7) is 2.19. The van der Waals surface area contributed by atoms with Crippen molar-refractivity contribution in [3.05, 3.63) is 24.1 Å². The number of nitrogens with two attached hydrogens (primary N) is 1. The smallest absolute Gasteiger partial charge is 0.215 e. The number of fused-ring (bicyclic) bond motifs is 1. The van der Waals surface area contributed by atoms with Gasteiger partial charge in [0.1, 0.15) is 5.52 Å². The van der Waals surface area contributed by atoms with Crippen molar-refractivity contribution in [2.75, 3.05) is 6.26 Å². The molecule has 0 amide bonds. The fourth-order valence-corrected chi connectivity index (χ4v) is 3.78. The van der Waals surface area contributed by atoms with E-state index in [1.165, 1.54) is 12.7 Å². The third-order valence-electron chi connectivity index (χ3n) is 4.25. The average molecular weight is 308 g/mol. The van der Waals surface area contributed by atoms with Gasteiger partial charge in [-0.05, 0) is 37.0 Å². The van der Waals surface area contributed by atoms with Gasteiger partial charge in [0.25, 0.3) is 0 Å². The first-order valence-electron chi connectivity index (χ1n) is 7.18. The fraction of sp³-hybridized carbons (Fsp3) is 0.533. The molecule has 1 fully saturated rings. The van der Waals surface area contributed by atoms with Gasteiger partial charge in [-0.2, -0.15) is 0 Å². The molecule has 1 saturated carbocycles. The number of benzene rings is 1. The largest absolute Gasteiger partial charge is 0.439 e. The lowest BCUT2D eigenvalue weighted by Crippen LogP contribution is -2.41. The third-order valence-corrected chi connectivity index (χ3v) is 5.36. The molecule has 3 rings (SSSR count). The van der Waals surface area contributed by atoms with Crippen LogP contribution in [0, 0.1) is 5.92 Å². The molecule has 2 unspecified atom stereocenters. The van der Waals surface area contributed by atoms with Crippen LogP contribution in [-0.2, 0) is 15.4 Å². The van der Waals surface area contributed by atoms with Crippen LogP contribution in [0.5, 0.6) is 0 Å². The molecule has 0 bridgehead atoms. The molecule has 114 valence electrons. The molecule has 1 aliphatic rings. The Morgan fingerprint density at radius 2 is 2.19 bits per heavy atom. The van der Waals surface area contributed by atoms with E-state index in [2.05, 4.69) is 11.9 Å². The Labute approximate surface area is 124 Å². The first kappa shape index (κ1) is 14.5. The van der Waals surface area contributed by atoms with E-state index in [-0.39, 0.29) is 4.90 Å². The lowest BCUT2D eigenvalue weighted by molar-refractivity contribution is 0.201. The zero-order chi connectivity index (χ0) is 15.3. The first-order chi connectivity index (χ1) is 9.78. The molecule has 1 aliphatic carbocycles. The standard InChI is InChI=1S/C15H20N2O3S/c1-10-4-3-7-15(16,9-10)14-17-12-8-11(21(2,18)19)5-6-13(12)20-14/h5-6,8,10H,3-4,7,9,16H2,1-2H3. The summed E-state index contributed by atoms with van der Waals surface area (Å²) in [5, 5.41) is 0. The first-order valence-corrected chi connectivity index (χ1v) is 9.07. The molecule has 6 heteroatoms. The number of sulfone groups is 1. The normalized spacial score (nSPS) is 27.1. The van der Waals surface area contributed by atoms with Crippen LogP contribution in [0.25, 0.3) is 11.1 Å². The number of hydrogen-bond acceptors (Lipinski definition) is 5. The predicted octanol–water partition coefficient (Wildman–Crippen LogP) is 2.60. The highest BCUT2D eigenvalue weighted by atomic mass is 32.2. The number of hydrogen-bond donors (Lipinski definition) is 1. The molecule has 0 radical (unpaired) electrons. The number of aromatic nitrogens is 1. The van der Waals surface area contributed by atoms with Crippen molar-refractivity contribution in [2.24, 2.45) is 11.7 Å². The maximum atomic E-state index is 11.6. The lowest BCUT2D eigenvalue weighted by atomic mass is 9.77. The van der Waals surface area contributed by atoms with Gasteiger partial charge in [-0.3, -0.25) is 0 Å². The highest BCUT2D eigenvalue weighted by Crippen LogP contribution is 2.38. The zero-order valence-corrected chi connectivity index (χ0v) is 13.1. The van der Waals surface area contributed by atoms with E-state index in [4.69, 9.17) is 10.2 Å². The van der Waals surface area contributed by atoms with Crippen LogP contribution in [0.4, 0.5) is 0 Å². The van der Waals surface area contributed by atoms with Gasteiger partial charge in [-0.25, -0.2) is 13.4 Å². The van der Waals surface area contributed by atoms with Crippen molar-refractivity contribution in [1.29, 1.82) is 0 Å². The van der Waals surface area contributed by atoms with Gasteiger partial charge in [-0.15, -0.1) is 0 Å². The zero-order valence-electron chi connectivity index (χ0n) is 12.3. The van der Waals surface area contributed by atoms with E-state index in [0.717, 1.165) is 19.3 Å². The van der Waals surface area contributed by atoms with Crippen molar-refractivity contribution in [2.45, 2.75) is 43.0 Å². The van der Waals surface area contributed by atoms with E-state index in [1.807, 2.05) is 0 Å². The minimum absolute atomic E-state index is 0.248. The summed E-state index contributed by atoms with van der Waals surface area (Å²) in [4.78, 5) is 4.71. The monoisotopic (exact) mass is 308 g/mol. The molecule has 0 aliphatic heterocycles. The Bertz CT molecular complexity index is 781. The highest BCUT2D eigenvalue weighted by Gasteiger charge is 2.37. The summed E-state index contributed by atoms with van der Waals surface area (Å²) in [5.74, 6) is 1.07. The molecule has 0 spiro atoms. The SMILES string of the molecule is CC1CCCC(N)(c2nc3cc(S(C)(=O)=O)ccc3o2)C1. The van der Waals surface area contributed by atoms with Crippen LogP contribution in [-0.4, -0.2) is 19.7 Å². The van der Waals surface area contributed by atoms with Gasteiger partial charge in [0.15, 0.2) is 15.4 Å². The van der Waals surface area contributed by atoms with Crippen molar-refractivity contribution in [3.8, 4) is 0 Å². The second kappa shape index (κ2) is 4.81. The van der Waals surface area contributed by atoms with Crippen molar-refractivity contribution in [3.63, 3.8) is 0 Å². The topological polar surface area (TPSA) is 86.2 Å². The van der Waals surface area contributed by atoms with Crippen LogP contribution in [0.1, 0.15) is 38.5 Å². The predicted molar refractivity (Wildman–Crippen MR) is 80.6 cm³/mol. The van der Waals surface area contributed by atoms with Gasteiger partial charge < -0.3 is 10.2 Å². The molecular formula is C15H20N2O3S. The Hall–Kier alpha value is -1.40. The molecule has 21 heavy (non-hydrogen) atoms. The van der Waals surface area contributed by atoms with Crippen molar-refractivity contribution < 1.29 is 12.8 Å². The molecular weight excluding hydrogens is 288 g/mol. The molecule has 1 heterocycles. The number of oxazole rings is 1. The minimum Gasteiger partial charge on any atom is -0.439 e. The molecule has 1 aromatic heterocycles. The van der Waals surface area contributed by atoms with Crippen LogP contribution >= 0.6 is 0 Å². The average Bonchev–Trinajstić information content (AvgIpc) is 2.80. The fourth-order valence-electron chi connectivity index (χ4n) is 3.14. The molecule has 2 aromatic rings. The molecule has 2 atom stereocenters. The molecule has 2 N–H and O–H groups in total. The lowest BCUT2D eigenvalue weighted by Gasteiger charge is -2.33. The second-order valence-corrected chi connectivity index (χ2v) is 8.29. The quantitative estimate of drug-likeness (QED) is 0.921. The summed E-state index contributed by atoms with van der Waals surface area (Å²) in [5.41, 5.74) is 7.08. The summed E-state index contributed by atoms with van der Waals surface area (Å²) < 4.78 is 29.0. The van der Waals surface area contributed by atoms with E-state index in [9.17, 15) is 8.42 Å². The van der Waals surface area contributed by atoms with Crippen LogP contribution < -0.4 is 5.73 Å². The number of nitrogens with zero attached hydrogens (tertiary/aromatic N) is 1. The van der Waals surface area contributed by atoms with Gasteiger partial charge in [0.05, 0.1) is 10.4 Å². The molecule has 5 nitrogen and oxygen atoms in total. The van der Waals surface area contributed by atoms with E-state index >= 15 is 0 Å². The summed E-state index contributed by atoms with van der Waals surface area (Å²) in [7, 11) is -3.25. The van der Waals surface area contributed by atoms with Gasteiger partial charge in [0.2, 0.25) is 5.89 Å². The van der Waals surface area contributed by atoms with Gasteiger partial charge in [-0.1, -0.05) is 19.8 Å². The van der Waals surface area contributed by atoms with Crippen molar-refractivity contribution in [1.82, 2.24) is 4.98 Å². The highest BCUT2D eigenvalue weighted by molar-refractivity contribution is 7.90. The van der Waals surface area contributed by atoms with Crippen molar-refractivity contribution >= 4 is 20.9 Å². The van der Waals surface area contributed by atoms with E-state index < -0.39 is 15.4 Å². The maximum absolute atomic E-state index is 11.6. The molecule has 0 saturated heterocycles. The Kier molecular flexibility index (Phi) is 3.33. The number of rotatable bonds is 2. The van der Waals surface area contributed by atoms with Crippen LogP contribution in [0.2, 0.25) is 0 Å². The van der Waals surface area contributed by atoms with Gasteiger partial charge in [0, 0.05) is 6.26 Å². The van der Waals surface area contributed by atoms with Crippen LogP contribution in [0.15, 0.2) is 27.5 Å². The van der Waals surface area contributed by atoms with Crippen LogP contribution in [0.3, 0.4) is 0 Å². The Balaban J connectivity index is 2.05. The Morgan fingerprint density at radius 3 is 2.86 bits per heavy atom. The third kappa shape index (κ3) is 2.70. The summed E-state index contributed by atoms with van der Waals surface area (Å²) in [6, 6.07) is 4.74. The second-order valence-electron chi connectivity index (χ2n) is 6.28. The summed E-state index contributed by atoms with van der Waals surface area (Å²) >= 11 is 0. The Morgan fingerprint density at radius 1 is 1.43 bits per heavy atom. The van der Waals surface area contributed by atoms with E-state index in [0.29, 0.717) is 22.9 Å². The van der Waals surface area contributed by atoms with E-state index in [1.54, 1.807) is 18.2 Å². The maximum Gasteiger partial charge on any atom is 0.215 e. The minimum atomic E-state index is -3.25. The van der Waals surface area contributed by atoms with Gasteiger partial charge >= 0.3 is 0 Å².